The summed E-state index contributed by atoms with van der Waals surface area (Å²) in [6.07, 6.45) is 2.33. The Balaban J connectivity index is 1.36. The number of rotatable bonds is 6. The number of anilines is 2. The van der Waals surface area contributed by atoms with Crippen molar-refractivity contribution >= 4 is 29.0 Å². The summed E-state index contributed by atoms with van der Waals surface area (Å²) in [4.78, 5) is 16.7. The molecule has 1 amide bonds. The van der Waals surface area contributed by atoms with Crippen LogP contribution in [0.5, 0.6) is 11.5 Å². The fraction of sp³-hybridized carbons (Fsp3) is 0.143. The molecule has 1 aliphatic heterocycles. The molecule has 28 heavy (non-hydrogen) atoms. The number of amides is 1. The van der Waals surface area contributed by atoms with E-state index >= 15 is 0 Å². The molecule has 0 unspecified atom stereocenters. The first-order valence-electron chi connectivity index (χ1n) is 8.83. The molecule has 0 radical (unpaired) electrons. The Hall–Kier alpha value is -3.25. The average Bonchev–Trinajstić information content (AvgIpc) is 3.17. The van der Waals surface area contributed by atoms with Crippen LogP contribution in [0.1, 0.15) is 15.9 Å². The van der Waals surface area contributed by atoms with Crippen molar-refractivity contribution in [1.29, 1.82) is 0 Å². The van der Waals surface area contributed by atoms with E-state index in [-0.39, 0.29) is 12.7 Å². The second kappa shape index (κ2) is 8.19. The Morgan fingerprint density at radius 2 is 1.86 bits per heavy atom. The molecule has 6 nitrogen and oxygen atoms in total. The van der Waals surface area contributed by atoms with E-state index in [0.29, 0.717) is 34.4 Å². The van der Waals surface area contributed by atoms with Crippen LogP contribution >= 0.6 is 11.6 Å². The van der Waals surface area contributed by atoms with Gasteiger partial charge in [0.15, 0.2) is 11.5 Å². The van der Waals surface area contributed by atoms with Crippen molar-refractivity contribution < 1.29 is 14.3 Å². The van der Waals surface area contributed by atoms with E-state index < -0.39 is 0 Å². The third kappa shape index (κ3) is 4.35. The zero-order chi connectivity index (χ0) is 19.3. The predicted octanol–water partition coefficient (Wildman–Crippen LogP) is 4.18. The zero-order valence-corrected chi connectivity index (χ0v) is 15.7. The number of aromatic nitrogens is 1. The average molecular weight is 396 g/mol. The largest absolute Gasteiger partial charge is 0.454 e. The number of nitrogens with one attached hydrogen (secondary N) is 2. The van der Waals surface area contributed by atoms with Crippen LogP contribution in [0.3, 0.4) is 0 Å². The second-order valence-electron chi connectivity index (χ2n) is 6.26. The first-order chi connectivity index (χ1) is 13.7. The van der Waals surface area contributed by atoms with Gasteiger partial charge in [-0.15, -0.1) is 0 Å². The number of hydrogen-bond acceptors (Lipinski definition) is 5. The van der Waals surface area contributed by atoms with E-state index in [1.165, 1.54) is 0 Å². The quantitative estimate of drug-likeness (QED) is 0.655. The molecule has 2 heterocycles. The standard InChI is InChI=1S/C21H18ClN3O3/c22-16-3-1-14(2-4-16)7-9-24-21(26)15-8-10-23-20(11-15)25-17-5-6-18-19(12-17)28-13-27-18/h1-6,8,10-12H,7,9,13H2,(H,23,25)(H,24,26). The molecule has 1 aromatic heterocycles. The summed E-state index contributed by atoms with van der Waals surface area (Å²) in [6, 6.07) is 16.5. The third-order valence-corrected chi connectivity index (χ3v) is 4.53. The molecule has 0 saturated carbocycles. The summed E-state index contributed by atoms with van der Waals surface area (Å²) >= 11 is 5.88. The Labute approximate surface area is 167 Å². The van der Waals surface area contributed by atoms with Gasteiger partial charge in [-0.25, -0.2) is 4.98 Å². The summed E-state index contributed by atoms with van der Waals surface area (Å²) in [6.45, 7) is 0.760. The van der Waals surface area contributed by atoms with E-state index in [0.717, 1.165) is 17.7 Å². The van der Waals surface area contributed by atoms with Crippen molar-refractivity contribution in [3.63, 3.8) is 0 Å². The summed E-state index contributed by atoms with van der Waals surface area (Å²) in [5, 5.41) is 6.80. The van der Waals surface area contributed by atoms with Crippen molar-refractivity contribution in [3.05, 3.63) is 76.9 Å². The number of nitrogens with zero attached hydrogens (tertiary/aromatic N) is 1. The van der Waals surface area contributed by atoms with Gasteiger partial charge < -0.3 is 20.1 Å². The van der Waals surface area contributed by atoms with Gasteiger partial charge in [0.25, 0.3) is 5.91 Å². The summed E-state index contributed by atoms with van der Waals surface area (Å²) in [7, 11) is 0. The fourth-order valence-corrected chi connectivity index (χ4v) is 2.96. The van der Waals surface area contributed by atoms with Crippen molar-refractivity contribution in [1.82, 2.24) is 10.3 Å². The van der Waals surface area contributed by atoms with Crippen LogP contribution in [0.4, 0.5) is 11.5 Å². The topological polar surface area (TPSA) is 72.5 Å². The van der Waals surface area contributed by atoms with Gasteiger partial charge in [-0.1, -0.05) is 23.7 Å². The molecule has 7 heteroatoms. The number of halogens is 1. The normalized spacial score (nSPS) is 11.9. The molecule has 2 N–H and O–H groups in total. The minimum Gasteiger partial charge on any atom is -0.454 e. The third-order valence-electron chi connectivity index (χ3n) is 4.28. The van der Waals surface area contributed by atoms with Crippen molar-refractivity contribution in [2.75, 3.05) is 18.7 Å². The van der Waals surface area contributed by atoms with Gasteiger partial charge in [0.1, 0.15) is 5.82 Å². The molecule has 0 saturated heterocycles. The smallest absolute Gasteiger partial charge is 0.251 e. The molecular weight excluding hydrogens is 378 g/mol. The maximum absolute atomic E-state index is 12.4. The first-order valence-corrected chi connectivity index (χ1v) is 9.20. The molecule has 0 fully saturated rings. The van der Waals surface area contributed by atoms with Crippen LogP contribution in [0.15, 0.2) is 60.8 Å². The van der Waals surface area contributed by atoms with Crippen molar-refractivity contribution in [3.8, 4) is 11.5 Å². The van der Waals surface area contributed by atoms with Gasteiger partial charge in [-0.05, 0) is 48.4 Å². The lowest BCUT2D eigenvalue weighted by Gasteiger charge is -2.09. The monoisotopic (exact) mass is 395 g/mol. The lowest BCUT2D eigenvalue weighted by Crippen LogP contribution is -2.25. The van der Waals surface area contributed by atoms with Crippen molar-refractivity contribution in [2.45, 2.75) is 6.42 Å². The molecule has 1 aliphatic rings. The van der Waals surface area contributed by atoms with Crippen LogP contribution in [0, 0.1) is 0 Å². The highest BCUT2D eigenvalue weighted by Gasteiger charge is 2.13. The Kier molecular flexibility index (Phi) is 5.30. The molecule has 0 spiro atoms. The molecule has 4 rings (SSSR count). The number of carbonyl (C=O) groups is 1. The highest BCUT2D eigenvalue weighted by atomic mass is 35.5. The number of ether oxygens (including phenoxy) is 2. The van der Waals surface area contributed by atoms with Crippen LogP contribution in [0.25, 0.3) is 0 Å². The molecule has 0 bridgehead atoms. The number of benzene rings is 2. The van der Waals surface area contributed by atoms with E-state index in [1.54, 1.807) is 18.3 Å². The van der Waals surface area contributed by atoms with E-state index in [1.807, 2.05) is 42.5 Å². The maximum atomic E-state index is 12.4. The Morgan fingerprint density at radius 3 is 2.71 bits per heavy atom. The predicted molar refractivity (Wildman–Crippen MR) is 108 cm³/mol. The maximum Gasteiger partial charge on any atom is 0.251 e. The lowest BCUT2D eigenvalue weighted by molar-refractivity contribution is 0.0954. The highest BCUT2D eigenvalue weighted by molar-refractivity contribution is 6.30. The number of fused-ring (bicyclic) bond motifs is 1. The molecule has 0 aliphatic carbocycles. The minimum atomic E-state index is -0.148. The van der Waals surface area contributed by atoms with E-state index in [9.17, 15) is 4.79 Å². The van der Waals surface area contributed by atoms with Gasteiger partial charge in [-0.2, -0.15) is 0 Å². The van der Waals surface area contributed by atoms with Gasteiger partial charge in [0.2, 0.25) is 6.79 Å². The summed E-state index contributed by atoms with van der Waals surface area (Å²) in [5.41, 5.74) is 2.45. The van der Waals surface area contributed by atoms with Crippen LogP contribution < -0.4 is 20.1 Å². The van der Waals surface area contributed by atoms with Crippen molar-refractivity contribution in [2.24, 2.45) is 0 Å². The fourth-order valence-electron chi connectivity index (χ4n) is 2.84. The van der Waals surface area contributed by atoms with Crippen LogP contribution in [-0.4, -0.2) is 24.2 Å². The lowest BCUT2D eigenvalue weighted by atomic mass is 10.1. The Bertz CT molecular complexity index is 992. The van der Waals surface area contributed by atoms with Gasteiger partial charge >= 0.3 is 0 Å². The Morgan fingerprint density at radius 1 is 1.04 bits per heavy atom. The molecule has 0 atom stereocenters. The van der Waals surface area contributed by atoms with Crippen LogP contribution in [-0.2, 0) is 6.42 Å². The second-order valence-corrected chi connectivity index (χ2v) is 6.69. The molecule has 3 aromatic rings. The van der Waals surface area contributed by atoms with Gasteiger partial charge in [0.05, 0.1) is 0 Å². The summed E-state index contributed by atoms with van der Waals surface area (Å²) in [5.74, 6) is 1.82. The number of pyridine rings is 1. The zero-order valence-electron chi connectivity index (χ0n) is 14.9. The first kappa shape index (κ1) is 18.1. The van der Waals surface area contributed by atoms with Crippen LogP contribution in [0.2, 0.25) is 5.02 Å². The minimum absolute atomic E-state index is 0.148. The molecule has 142 valence electrons. The SMILES string of the molecule is O=C(NCCc1ccc(Cl)cc1)c1ccnc(Nc2ccc3c(c2)OCO3)c1. The molecule has 2 aromatic carbocycles. The van der Waals surface area contributed by atoms with E-state index in [2.05, 4.69) is 15.6 Å². The highest BCUT2D eigenvalue weighted by Crippen LogP contribution is 2.34. The van der Waals surface area contributed by atoms with Gasteiger partial charge in [-0.3, -0.25) is 4.79 Å². The number of carbonyl (C=O) groups excluding carboxylic acids is 1. The summed E-state index contributed by atoms with van der Waals surface area (Å²) < 4.78 is 10.7. The van der Waals surface area contributed by atoms with E-state index in [4.69, 9.17) is 21.1 Å². The van der Waals surface area contributed by atoms with Gasteiger partial charge in [0, 0.05) is 35.1 Å². The molecular formula is C21H18ClN3O3. The number of hydrogen-bond donors (Lipinski definition) is 2.